The van der Waals surface area contributed by atoms with Crippen molar-refractivity contribution in [1.82, 2.24) is 20.1 Å². The Morgan fingerprint density at radius 1 is 1.69 bits per heavy atom. The highest BCUT2D eigenvalue weighted by Gasteiger charge is 2.04. The zero-order chi connectivity index (χ0) is 9.52. The zero-order valence-corrected chi connectivity index (χ0v) is 7.64. The van der Waals surface area contributed by atoms with Gasteiger partial charge >= 0.3 is 0 Å². The van der Waals surface area contributed by atoms with Gasteiger partial charge in [0.1, 0.15) is 12.7 Å². The summed E-state index contributed by atoms with van der Waals surface area (Å²) < 4.78 is 1.72. The molecule has 1 aromatic heterocycles. The van der Waals surface area contributed by atoms with E-state index in [-0.39, 0.29) is 6.04 Å². The fourth-order valence-corrected chi connectivity index (χ4v) is 1.07. The Labute approximate surface area is 77.4 Å². The van der Waals surface area contributed by atoms with E-state index < -0.39 is 0 Å². The van der Waals surface area contributed by atoms with Crippen LogP contribution in [0.4, 0.5) is 0 Å². The van der Waals surface area contributed by atoms with E-state index in [4.69, 9.17) is 5.26 Å². The van der Waals surface area contributed by atoms with Crippen LogP contribution in [-0.4, -0.2) is 27.4 Å². The van der Waals surface area contributed by atoms with Crippen LogP contribution < -0.4 is 5.32 Å². The van der Waals surface area contributed by atoms with Gasteiger partial charge in [-0.15, -0.1) is 0 Å². The molecule has 5 heteroatoms. The molecular weight excluding hydrogens is 166 g/mol. The molecule has 0 aromatic carbocycles. The Balaban J connectivity index is 2.29. The van der Waals surface area contributed by atoms with Gasteiger partial charge in [0.05, 0.1) is 12.1 Å². The van der Waals surface area contributed by atoms with Crippen molar-refractivity contribution in [3.8, 4) is 6.07 Å². The highest BCUT2D eigenvalue weighted by molar-refractivity contribution is 4.88. The van der Waals surface area contributed by atoms with E-state index in [1.54, 1.807) is 11.0 Å². The smallest absolute Gasteiger partial charge is 0.137 e. The molecule has 1 heterocycles. The van der Waals surface area contributed by atoms with Crippen LogP contribution in [0.15, 0.2) is 12.7 Å². The predicted octanol–water partition coefficient (Wildman–Crippen LogP) is 0.170. The van der Waals surface area contributed by atoms with Crippen LogP contribution in [0.3, 0.4) is 0 Å². The second-order valence-corrected chi connectivity index (χ2v) is 2.69. The number of rotatable bonds is 5. The van der Waals surface area contributed by atoms with Gasteiger partial charge in [-0.25, -0.2) is 4.98 Å². The quantitative estimate of drug-likeness (QED) is 0.699. The molecule has 0 saturated heterocycles. The van der Waals surface area contributed by atoms with Crippen LogP contribution in [0.25, 0.3) is 0 Å². The largest absolute Gasteiger partial charge is 0.302 e. The molecule has 0 amide bonds. The monoisotopic (exact) mass is 179 g/mol. The van der Waals surface area contributed by atoms with E-state index in [2.05, 4.69) is 21.5 Å². The number of aromatic nitrogens is 3. The third kappa shape index (κ3) is 3.22. The summed E-state index contributed by atoms with van der Waals surface area (Å²) in [4.78, 5) is 3.82. The minimum Gasteiger partial charge on any atom is -0.302 e. The third-order valence-corrected chi connectivity index (χ3v) is 1.72. The van der Waals surface area contributed by atoms with Crippen LogP contribution in [0, 0.1) is 11.3 Å². The maximum atomic E-state index is 8.73. The highest BCUT2D eigenvalue weighted by Crippen LogP contribution is 1.93. The number of nitriles is 1. The van der Waals surface area contributed by atoms with E-state index >= 15 is 0 Å². The SMILES string of the molecule is CCNC(C#N)CCn1cncn1. The number of nitrogens with one attached hydrogen (secondary N) is 1. The Hall–Kier alpha value is -1.41. The molecular formula is C8H13N5. The molecule has 5 nitrogen and oxygen atoms in total. The molecule has 0 radical (unpaired) electrons. The second kappa shape index (κ2) is 5.27. The molecule has 1 atom stereocenters. The van der Waals surface area contributed by atoms with Crippen molar-refractivity contribution in [3.05, 3.63) is 12.7 Å². The lowest BCUT2D eigenvalue weighted by Gasteiger charge is -2.08. The van der Waals surface area contributed by atoms with Gasteiger partial charge in [-0.05, 0) is 13.0 Å². The van der Waals surface area contributed by atoms with E-state index in [1.165, 1.54) is 6.33 Å². The minimum absolute atomic E-state index is 0.0887. The molecule has 13 heavy (non-hydrogen) atoms. The number of nitrogens with zero attached hydrogens (tertiary/aromatic N) is 4. The highest BCUT2D eigenvalue weighted by atomic mass is 15.3. The van der Waals surface area contributed by atoms with Crippen LogP contribution >= 0.6 is 0 Å². The average molecular weight is 179 g/mol. The first-order valence-corrected chi connectivity index (χ1v) is 4.32. The zero-order valence-electron chi connectivity index (χ0n) is 7.64. The first kappa shape index (κ1) is 9.68. The lowest BCUT2D eigenvalue weighted by Crippen LogP contribution is -2.28. The summed E-state index contributed by atoms with van der Waals surface area (Å²) in [6.07, 6.45) is 3.91. The van der Waals surface area contributed by atoms with Gasteiger partial charge in [-0.1, -0.05) is 6.92 Å². The standard InChI is InChI=1S/C8H13N5/c1-2-11-8(5-9)3-4-13-7-10-6-12-13/h6-8,11H,2-4H2,1H3. The molecule has 0 bridgehead atoms. The minimum atomic E-state index is -0.0887. The van der Waals surface area contributed by atoms with Gasteiger partial charge in [0.15, 0.2) is 0 Å². The fraction of sp³-hybridized carbons (Fsp3) is 0.625. The van der Waals surface area contributed by atoms with Crippen LogP contribution in [0.2, 0.25) is 0 Å². The molecule has 0 fully saturated rings. The van der Waals surface area contributed by atoms with E-state index in [0.29, 0.717) is 0 Å². The summed E-state index contributed by atoms with van der Waals surface area (Å²) in [5, 5.41) is 15.8. The molecule has 0 aliphatic heterocycles. The van der Waals surface area contributed by atoms with Crippen molar-refractivity contribution in [2.75, 3.05) is 6.54 Å². The van der Waals surface area contributed by atoms with Crippen molar-refractivity contribution < 1.29 is 0 Å². The third-order valence-electron chi connectivity index (χ3n) is 1.72. The van der Waals surface area contributed by atoms with E-state index in [0.717, 1.165) is 19.5 Å². The van der Waals surface area contributed by atoms with Gasteiger partial charge in [0.2, 0.25) is 0 Å². The van der Waals surface area contributed by atoms with E-state index in [9.17, 15) is 0 Å². The van der Waals surface area contributed by atoms with Gasteiger partial charge in [-0.2, -0.15) is 10.4 Å². The normalized spacial score (nSPS) is 12.3. The first-order chi connectivity index (χ1) is 6.36. The Kier molecular flexibility index (Phi) is 3.93. The van der Waals surface area contributed by atoms with Crippen molar-refractivity contribution in [2.45, 2.75) is 25.9 Å². The maximum Gasteiger partial charge on any atom is 0.137 e. The Morgan fingerprint density at radius 2 is 2.54 bits per heavy atom. The van der Waals surface area contributed by atoms with Crippen molar-refractivity contribution in [3.63, 3.8) is 0 Å². The Morgan fingerprint density at radius 3 is 3.08 bits per heavy atom. The topological polar surface area (TPSA) is 66.5 Å². The summed E-state index contributed by atoms with van der Waals surface area (Å²) in [5.41, 5.74) is 0. The number of aryl methyl sites for hydroxylation is 1. The van der Waals surface area contributed by atoms with Crippen molar-refractivity contribution in [1.29, 1.82) is 5.26 Å². The van der Waals surface area contributed by atoms with Crippen molar-refractivity contribution >= 4 is 0 Å². The van der Waals surface area contributed by atoms with Gasteiger partial charge in [0, 0.05) is 6.54 Å². The number of hydrogen-bond donors (Lipinski definition) is 1. The van der Waals surface area contributed by atoms with Gasteiger partial charge in [0.25, 0.3) is 0 Å². The summed E-state index contributed by atoms with van der Waals surface area (Å²) in [6.45, 7) is 3.53. The van der Waals surface area contributed by atoms with E-state index in [1.807, 2.05) is 6.92 Å². The average Bonchev–Trinajstić information content (AvgIpc) is 2.64. The molecule has 0 saturated carbocycles. The summed E-state index contributed by atoms with van der Waals surface area (Å²) >= 11 is 0. The summed E-state index contributed by atoms with van der Waals surface area (Å²) in [6, 6.07) is 2.10. The van der Waals surface area contributed by atoms with Crippen LogP contribution in [-0.2, 0) is 6.54 Å². The number of hydrogen-bond acceptors (Lipinski definition) is 4. The van der Waals surface area contributed by atoms with Crippen LogP contribution in [0.5, 0.6) is 0 Å². The second-order valence-electron chi connectivity index (χ2n) is 2.69. The fourth-order valence-electron chi connectivity index (χ4n) is 1.07. The molecule has 0 aliphatic rings. The summed E-state index contributed by atoms with van der Waals surface area (Å²) in [7, 11) is 0. The molecule has 1 rings (SSSR count). The van der Waals surface area contributed by atoms with Crippen molar-refractivity contribution in [2.24, 2.45) is 0 Å². The molecule has 0 aliphatic carbocycles. The van der Waals surface area contributed by atoms with Crippen LogP contribution in [0.1, 0.15) is 13.3 Å². The molecule has 1 unspecified atom stereocenters. The molecule has 1 N–H and O–H groups in total. The lowest BCUT2D eigenvalue weighted by molar-refractivity contribution is 0.501. The molecule has 0 spiro atoms. The lowest BCUT2D eigenvalue weighted by atomic mass is 10.2. The molecule has 1 aromatic rings. The maximum absolute atomic E-state index is 8.73. The summed E-state index contributed by atoms with van der Waals surface area (Å²) in [5.74, 6) is 0. The molecule has 70 valence electrons. The Bertz CT molecular complexity index is 261. The van der Waals surface area contributed by atoms with Gasteiger partial charge in [-0.3, -0.25) is 4.68 Å². The van der Waals surface area contributed by atoms with Gasteiger partial charge < -0.3 is 5.32 Å². The first-order valence-electron chi connectivity index (χ1n) is 4.32. The predicted molar refractivity (Wildman–Crippen MR) is 47.7 cm³/mol.